The molecule has 0 aliphatic rings. The summed E-state index contributed by atoms with van der Waals surface area (Å²) < 4.78 is 13.2. The van der Waals surface area contributed by atoms with Gasteiger partial charge in [-0.3, -0.25) is 0 Å². The standard InChI is InChI=1S/C13H16FN3/c1-2-6-15-12(13-16-7-8-17-13)10-4-3-5-11(14)9-10/h3-5,7-9,12,15H,2,6H2,1H3,(H,16,17). The first-order valence-corrected chi connectivity index (χ1v) is 5.79. The highest BCUT2D eigenvalue weighted by atomic mass is 19.1. The maximum atomic E-state index is 13.2. The minimum absolute atomic E-state index is 0.0827. The van der Waals surface area contributed by atoms with Crippen molar-refractivity contribution in [1.29, 1.82) is 0 Å². The molecule has 0 saturated carbocycles. The van der Waals surface area contributed by atoms with Crippen LogP contribution in [0.2, 0.25) is 0 Å². The van der Waals surface area contributed by atoms with Gasteiger partial charge in [0.05, 0.1) is 6.04 Å². The average Bonchev–Trinajstić information content (AvgIpc) is 2.83. The predicted octanol–water partition coefficient (Wildman–Crippen LogP) is 2.64. The van der Waals surface area contributed by atoms with Crippen molar-refractivity contribution in [2.75, 3.05) is 6.54 Å². The molecular formula is C13H16FN3. The van der Waals surface area contributed by atoms with Crippen molar-refractivity contribution in [2.24, 2.45) is 0 Å². The van der Waals surface area contributed by atoms with Crippen LogP contribution in [0.3, 0.4) is 0 Å². The van der Waals surface area contributed by atoms with E-state index in [2.05, 4.69) is 22.2 Å². The molecule has 2 N–H and O–H groups in total. The van der Waals surface area contributed by atoms with E-state index in [0.29, 0.717) is 0 Å². The number of nitrogens with zero attached hydrogens (tertiary/aromatic N) is 1. The van der Waals surface area contributed by atoms with Crippen LogP contribution in [0.1, 0.15) is 30.8 Å². The number of aromatic amines is 1. The van der Waals surface area contributed by atoms with Crippen molar-refractivity contribution in [1.82, 2.24) is 15.3 Å². The van der Waals surface area contributed by atoms with Gasteiger partial charge < -0.3 is 10.3 Å². The van der Waals surface area contributed by atoms with Crippen molar-refractivity contribution in [3.63, 3.8) is 0 Å². The largest absolute Gasteiger partial charge is 0.347 e. The molecule has 90 valence electrons. The Bertz CT molecular complexity index is 453. The van der Waals surface area contributed by atoms with E-state index < -0.39 is 0 Å². The number of hydrogen-bond acceptors (Lipinski definition) is 2. The van der Waals surface area contributed by atoms with Gasteiger partial charge in [0, 0.05) is 12.4 Å². The zero-order chi connectivity index (χ0) is 12.1. The Hall–Kier alpha value is -1.68. The third kappa shape index (κ3) is 2.91. The molecule has 0 amide bonds. The topological polar surface area (TPSA) is 40.7 Å². The lowest BCUT2D eigenvalue weighted by Gasteiger charge is -2.16. The van der Waals surface area contributed by atoms with Crippen LogP contribution in [0.4, 0.5) is 4.39 Å². The molecule has 0 fully saturated rings. The monoisotopic (exact) mass is 233 g/mol. The fourth-order valence-corrected chi connectivity index (χ4v) is 1.78. The fourth-order valence-electron chi connectivity index (χ4n) is 1.78. The number of halogens is 1. The molecule has 0 radical (unpaired) electrons. The maximum absolute atomic E-state index is 13.2. The second-order valence-corrected chi connectivity index (χ2v) is 3.92. The molecule has 17 heavy (non-hydrogen) atoms. The minimum atomic E-state index is -0.225. The number of rotatable bonds is 5. The van der Waals surface area contributed by atoms with Crippen molar-refractivity contribution in [3.05, 3.63) is 53.9 Å². The smallest absolute Gasteiger partial charge is 0.127 e. The van der Waals surface area contributed by atoms with Crippen LogP contribution in [0.25, 0.3) is 0 Å². The summed E-state index contributed by atoms with van der Waals surface area (Å²) in [5.41, 5.74) is 0.883. The van der Waals surface area contributed by atoms with Gasteiger partial charge in [-0.05, 0) is 30.7 Å². The van der Waals surface area contributed by atoms with Crippen LogP contribution in [-0.2, 0) is 0 Å². The molecule has 0 spiro atoms. The summed E-state index contributed by atoms with van der Waals surface area (Å²) in [5.74, 6) is 0.585. The summed E-state index contributed by atoms with van der Waals surface area (Å²) in [6, 6.07) is 6.52. The highest BCUT2D eigenvalue weighted by molar-refractivity contribution is 5.25. The van der Waals surface area contributed by atoms with E-state index in [1.54, 1.807) is 18.5 Å². The van der Waals surface area contributed by atoms with Gasteiger partial charge in [-0.1, -0.05) is 19.1 Å². The summed E-state index contributed by atoms with van der Waals surface area (Å²) in [4.78, 5) is 7.30. The third-order valence-corrected chi connectivity index (χ3v) is 2.57. The van der Waals surface area contributed by atoms with E-state index in [4.69, 9.17) is 0 Å². The van der Waals surface area contributed by atoms with Crippen LogP contribution in [0.15, 0.2) is 36.7 Å². The van der Waals surface area contributed by atoms with E-state index in [1.165, 1.54) is 12.1 Å². The Morgan fingerprint density at radius 1 is 1.47 bits per heavy atom. The Kier molecular flexibility index (Phi) is 3.88. The number of imidazole rings is 1. The van der Waals surface area contributed by atoms with E-state index in [0.717, 1.165) is 24.4 Å². The molecular weight excluding hydrogens is 217 g/mol. The minimum Gasteiger partial charge on any atom is -0.347 e. The molecule has 1 heterocycles. The summed E-state index contributed by atoms with van der Waals surface area (Å²) >= 11 is 0. The average molecular weight is 233 g/mol. The molecule has 2 aromatic rings. The van der Waals surface area contributed by atoms with Gasteiger partial charge in [0.15, 0.2) is 0 Å². The second kappa shape index (κ2) is 5.59. The number of aromatic nitrogens is 2. The van der Waals surface area contributed by atoms with Gasteiger partial charge in [-0.2, -0.15) is 0 Å². The van der Waals surface area contributed by atoms with Gasteiger partial charge in [-0.15, -0.1) is 0 Å². The molecule has 3 nitrogen and oxygen atoms in total. The first-order chi connectivity index (χ1) is 8.31. The van der Waals surface area contributed by atoms with E-state index in [9.17, 15) is 4.39 Å². The lowest BCUT2D eigenvalue weighted by molar-refractivity contribution is 0.568. The SMILES string of the molecule is CCCNC(c1cccc(F)c1)c1ncc[nH]1. The van der Waals surface area contributed by atoms with Crippen LogP contribution < -0.4 is 5.32 Å². The Labute approximate surface area is 100 Å². The summed E-state index contributed by atoms with van der Waals surface area (Å²) in [6.07, 6.45) is 4.50. The van der Waals surface area contributed by atoms with Crippen LogP contribution in [0.5, 0.6) is 0 Å². The summed E-state index contributed by atoms with van der Waals surface area (Å²) in [6.45, 7) is 2.96. The lowest BCUT2D eigenvalue weighted by atomic mass is 10.1. The molecule has 1 aromatic carbocycles. The molecule has 0 saturated heterocycles. The predicted molar refractivity (Wildman–Crippen MR) is 65.1 cm³/mol. The first-order valence-electron chi connectivity index (χ1n) is 5.79. The van der Waals surface area contributed by atoms with Crippen LogP contribution in [-0.4, -0.2) is 16.5 Å². The highest BCUT2D eigenvalue weighted by Gasteiger charge is 2.15. The molecule has 4 heteroatoms. The Morgan fingerprint density at radius 2 is 2.35 bits per heavy atom. The lowest BCUT2D eigenvalue weighted by Crippen LogP contribution is -2.24. The molecule has 0 bridgehead atoms. The molecule has 1 atom stereocenters. The summed E-state index contributed by atoms with van der Waals surface area (Å²) in [5, 5.41) is 3.35. The fraction of sp³-hybridized carbons (Fsp3) is 0.308. The molecule has 2 rings (SSSR count). The molecule has 1 aromatic heterocycles. The second-order valence-electron chi connectivity index (χ2n) is 3.92. The normalized spacial score (nSPS) is 12.6. The first kappa shape index (κ1) is 11.8. The van der Waals surface area contributed by atoms with Crippen molar-refractivity contribution >= 4 is 0 Å². The van der Waals surface area contributed by atoms with Gasteiger partial charge in [-0.25, -0.2) is 9.37 Å². The van der Waals surface area contributed by atoms with Crippen LogP contribution >= 0.6 is 0 Å². The number of nitrogens with one attached hydrogen (secondary N) is 2. The third-order valence-electron chi connectivity index (χ3n) is 2.57. The Balaban J connectivity index is 2.27. The zero-order valence-electron chi connectivity index (χ0n) is 9.78. The molecule has 0 aliphatic heterocycles. The van der Waals surface area contributed by atoms with E-state index in [1.807, 2.05) is 6.07 Å². The molecule has 1 unspecified atom stereocenters. The van der Waals surface area contributed by atoms with Crippen molar-refractivity contribution < 1.29 is 4.39 Å². The highest BCUT2D eigenvalue weighted by Crippen LogP contribution is 2.19. The molecule has 0 aliphatic carbocycles. The quantitative estimate of drug-likeness (QED) is 0.833. The van der Waals surface area contributed by atoms with Gasteiger partial charge in [0.1, 0.15) is 11.6 Å². The van der Waals surface area contributed by atoms with Crippen molar-refractivity contribution in [3.8, 4) is 0 Å². The summed E-state index contributed by atoms with van der Waals surface area (Å²) in [7, 11) is 0. The maximum Gasteiger partial charge on any atom is 0.127 e. The van der Waals surface area contributed by atoms with Gasteiger partial charge in [0.2, 0.25) is 0 Å². The number of benzene rings is 1. The van der Waals surface area contributed by atoms with Gasteiger partial charge in [0.25, 0.3) is 0 Å². The zero-order valence-corrected chi connectivity index (χ0v) is 9.78. The van der Waals surface area contributed by atoms with Gasteiger partial charge >= 0.3 is 0 Å². The number of H-pyrrole nitrogens is 1. The number of hydrogen-bond donors (Lipinski definition) is 2. The van der Waals surface area contributed by atoms with Crippen LogP contribution in [0, 0.1) is 5.82 Å². The van der Waals surface area contributed by atoms with E-state index in [-0.39, 0.29) is 11.9 Å². The Morgan fingerprint density at radius 3 is 3.00 bits per heavy atom. The van der Waals surface area contributed by atoms with E-state index >= 15 is 0 Å². The van der Waals surface area contributed by atoms with Crippen molar-refractivity contribution in [2.45, 2.75) is 19.4 Å².